The van der Waals surface area contributed by atoms with E-state index in [-0.39, 0.29) is 16.7 Å². The van der Waals surface area contributed by atoms with Gasteiger partial charge in [0.2, 0.25) is 0 Å². The molecular weight excluding hydrogens is 323 g/mol. The highest BCUT2D eigenvalue weighted by atomic mass is 35.5. The molecular formula is C16H20Cl2N2O2. The number of hydrogen-bond acceptors (Lipinski definition) is 2. The summed E-state index contributed by atoms with van der Waals surface area (Å²) in [5.74, 6) is 0.692. The van der Waals surface area contributed by atoms with Gasteiger partial charge in [-0.25, -0.2) is 4.79 Å². The molecule has 6 heteroatoms. The zero-order valence-corrected chi connectivity index (χ0v) is 14.9. The first-order chi connectivity index (χ1) is 10.1. The van der Waals surface area contributed by atoms with E-state index in [1.165, 1.54) is 4.57 Å². The van der Waals surface area contributed by atoms with E-state index < -0.39 is 5.69 Å². The van der Waals surface area contributed by atoms with E-state index in [0.29, 0.717) is 17.1 Å². The highest BCUT2D eigenvalue weighted by Gasteiger charge is 2.28. The number of benzene rings is 1. The van der Waals surface area contributed by atoms with E-state index in [0.717, 1.165) is 4.09 Å². The fourth-order valence-electron chi connectivity index (χ4n) is 2.31. The third-order valence-electron chi connectivity index (χ3n) is 3.11. The normalized spacial score (nSPS) is 12.0. The lowest BCUT2D eigenvalue weighted by Gasteiger charge is -2.21. The molecule has 0 aliphatic rings. The largest absolute Gasteiger partial charge is 0.491 e. The SMILES string of the molecule is CC(C)Oc1cccc(-n2c(C(C)(C)C)c(Cl)n(Cl)c2=O)c1. The summed E-state index contributed by atoms with van der Waals surface area (Å²) in [7, 11) is 0. The second-order valence-electron chi connectivity index (χ2n) is 6.45. The molecule has 0 aliphatic heterocycles. The van der Waals surface area contributed by atoms with Crippen LogP contribution in [0.4, 0.5) is 0 Å². The molecule has 1 heterocycles. The third kappa shape index (κ3) is 3.18. The Bertz CT molecular complexity index is 740. The minimum Gasteiger partial charge on any atom is -0.491 e. The van der Waals surface area contributed by atoms with E-state index in [2.05, 4.69) is 0 Å². The van der Waals surface area contributed by atoms with Crippen LogP contribution in [-0.2, 0) is 5.41 Å². The molecule has 0 spiro atoms. The number of ether oxygens (including phenoxy) is 1. The molecule has 2 aromatic rings. The standard InChI is InChI=1S/C16H20Cl2N2O2/c1-10(2)22-12-8-6-7-11(9-12)19-13(16(3,4)5)14(17)20(18)15(19)21/h6-10H,1-5H3. The first kappa shape index (κ1) is 17.0. The van der Waals surface area contributed by atoms with Gasteiger partial charge in [0.1, 0.15) is 10.9 Å². The van der Waals surface area contributed by atoms with Crippen LogP contribution in [0, 0.1) is 0 Å². The van der Waals surface area contributed by atoms with Gasteiger partial charge < -0.3 is 4.74 Å². The molecule has 0 bridgehead atoms. The maximum atomic E-state index is 12.5. The van der Waals surface area contributed by atoms with Gasteiger partial charge in [0.05, 0.1) is 17.5 Å². The molecule has 0 N–H and O–H groups in total. The lowest BCUT2D eigenvalue weighted by Crippen LogP contribution is -2.24. The van der Waals surface area contributed by atoms with Crippen molar-refractivity contribution < 1.29 is 4.74 Å². The molecule has 0 saturated heterocycles. The second kappa shape index (κ2) is 6.01. The van der Waals surface area contributed by atoms with Crippen LogP contribution < -0.4 is 10.4 Å². The van der Waals surface area contributed by atoms with Gasteiger partial charge >= 0.3 is 5.69 Å². The molecule has 0 atom stereocenters. The van der Waals surface area contributed by atoms with Crippen LogP contribution in [0.5, 0.6) is 5.75 Å². The molecule has 0 amide bonds. The van der Waals surface area contributed by atoms with Crippen molar-refractivity contribution in [3.8, 4) is 11.4 Å². The van der Waals surface area contributed by atoms with E-state index in [1.54, 1.807) is 0 Å². The van der Waals surface area contributed by atoms with Crippen molar-refractivity contribution >= 4 is 23.4 Å². The third-order valence-corrected chi connectivity index (χ3v) is 3.86. The fraction of sp³-hybridized carbons (Fsp3) is 0.438. The molecule has 1 aromatic carbocycles. The van der Waals surface area contributed by atoms with Crippen LogP contribution in [0.2, 0.25) is 5.15 Å². The van der Waals surface area contributed by atoms with E-state index in [4.69, 9.17) is 28.1 Å². The number of nitrogens with zero attached hydrogens (tertiary/aromatic N) is 2. The van der Waals surface area contributed by atoms with Gasteiger partial charge in [-0.3, -0.25) is 4.57 Å². The minimum atomic E-state index is -0.390. The maximum absolute atomic E-state index is 12.5. The number of halogens is 2. The first-order valence-electron chi connectivity index (χ1n) is 7.10. The minimum absolute atomic E-state index is 0.0512. The van der Waals surface area contributed by atoms with Crippen molar-refractivity contribution in [3.05, 3.63) is 45.6 Å². The Morgan fingerprint density at radius 3 is 2.41 bits per heavy atom. The first-order valence-corrected chi connectivity index (χ1v) is 7.81. The molecule has 2 rings (SSSR count). The molecule has 22 heavy (non-hydrogen) atoms. The van der Waals surface area contributed by atoms with E-state index >= 15 is 0 Å². The molecule has 0 fully saturated rings. The van der Waals surface area contributed by atoms with Crippen LogP contribution in [-0.4, -0.2) is 14.8 Å². The zero-order valence-electron chi connectivity index (χ0n) is 13.4. The fourth-order valence-corrected chi connectivity index (χ4v) is 2.90. The van der Waals surface area contributed by atoms with Crippen LogP contribution in [0.25, 0.3) is 5.69 Å². The van der Waals surface area contributed by atoms with Crippen LogP contribution in [0.15, 0.2) is 29.1 Å². The summed E-state index contributed by atoms with van der Waals surface area (Å²) in [6, 6.07) is 7.33. The van der Waals surface area contributed by atoms with E-state index in [9.17, 15) is 4.79 Å². The van der Waals surface area contributed by atoms with Gasteiger partial charge in [0.25, 0.3) is 0 Å². The number of aromatic nitrogens is 2. The zero-order chi connectivity index (χ0) is 16.7. The van der Waals surface area contributed by atoms with Crippen molar-refractivity contribution in [1.29, 1.82) is 0 Å². The summed E-state index contributed by atoms with van der Waals surface area (Å²) in [5.41, 5.74) is 0.606. The van der Waals surface area contributed by atoms with Crippen molar-refractivity contribution in [1.82, 2.24) is 8.65 Å². The van der Waals surface area contributed by atoms with Crippen LogP contribution >= 0.6 is 23.4 Å². The van der Waals surface area contributed by atoms with Gasteiger partial charge in [-0.1, -0.05) is 38.4 Å². The predicted molar refractivity (Wildman–Crippen MR) is 90.8 cm³/mol. The predicted octanol–water partition coefficient (Wildman–Crippen LogP) is 4.38. The van der Waals surface area contributed by atoms with Crippen molar-refractivity contribution in [2.75, 3.05) is 0 Å². The van der Waals surface area contributed by atoms with Crippen LogP contribution in [0.1, 0.15) is 40.3 Å². The summed E-state index contributed by atoms with van der Waals surface area (Å²) in [6.45, 7) is 9.84. The lowest BCUT2D eigenvalue weighted by atomic mass is 9.92. The van der Waals surface area contributed by atoms with Crippen molar-refractivity contribution in [3.63, 3.8) is 0 Å². The number of hydrogen-bond donors (Lipinski definition) is 0. The van der Waals surface area contributed by atoms with Gasteiger partial charge in [-0.15, -0.1) is 0 Å². The molecule has 0 aliphatic carbocycles. The summed E-state index contributed by atoms with van der Waals surface area (Å²) >= 11 is 12.3. The van der Waals surface area contributed by atoms with Gasteiger partial charge in [-0.2, -0.15) is 4.09 Å². The smallest absolute Gasteiger partial charge is 0.349 e. The molecule has 1 aromatic heterocycles. The lowest BCUT2D eigenvalue weighted by molar-refractivity contribution is 0.242. The Balaban J connectivity index is 2.68. The van der Waals surface area contributed by atoms with E-state index in [1.807, 2.05) is 58.9 Å². The molecule has 4 nitrogen and oxygen atoms in total. The quantitative estimate of drug-likeness (QED) is 0.829. The monoisotopic (exact) mass is 342 g/mol. The number of rotatable bonds is 3. The van der Waals surface area contributed by atoms with Gasteiger partial charge in [0.15, 0.2) is 0 Å². The summed E-state index contributed by atoms with van der Waals surface area (Å²) in [5, 5.41) is 0.231. The summed E-state index contributed by atoms with van der Waals surface area (Å²) < 4.78 is 8.16. The van der Waals surface area contributed by atoms with Gasteiger partial charge in [-0.05, 0) is 26.0 Å². The molecule has 0 saturated carbocycles. The topological polar surface area (TPSA) is 36.2 Å². The summed E-state index contributed by atoms with van der Waals surface area (Å²) in [6.07, 6.45) is 0.0512. The second-order valence-corrected chi connectivity index (χ2v) is 7.15. The maximum Gasteiger partial charge on any atom is 0.349 e. The van der Waals surface area contributed by atoms with Gasteiger partial charge in [0, 0.05) is 23.3 Å². The average molecular weight is 343 g/mol. The number of imidazole rings is 1. The molecule has 120 valence electrons. The molecule has 0 unspecified atom stereocenters. The Hall–Kier alpha value is -1.39. The Labute approximate surface area is 140 Å². The Morgan fingerprint density at radius 1 is 1.23 bits per heavy atom. The van der Waals surface area contributed by atoms with Crippen LogP contribution in [0.3, 0.4) is 0 Å². The highest BCUT2D eigenvalue weighted by Crippen LogP contribution is 2.32. The summed E-state index contributed by atoms with van der Waals surface area (Å²) in [4.78, 5) is 12.5. The molecule has 0 radical (unpaired) electrons. The Kier molecular flexibility index (Phi) is 4.64. The highest BCUT2D eigenvalue weighted by molar-refractivity contribution is 6.33. The van der Waals surface area contributed by atoms with Crippen molar-refractivity contribution in [2.45, 2.75) is 46.1 Å². The average Bonchev–Trinajstić information content (AvgIpc) is 2.62. The van der Waals surface area contributed by atoms with Crippen molar-refractivity contribution in [2.24, 2.45) is 0 Å². The Morgan fingerprint density at radius 2 is 1.86 bits per heavy atom.